The number of rotatable bonds is 28. The summed E-state index contributed by atoms with van der Waals surface area (Å²) >= 11 is 0. The Hall–Kier alpha value is -6.28. The topological polar surface area (TPSA) is 254 Å². The minimum absolute atomic E-state index is 0.0104. The summed E-state index contributed by atoms with van der Waals surface area (Å²) in [6, 6.07) is 5.73. The summed E-state index contributed by atoms with van der Waals surface area (Å²) in [7, 11) is -2.32. The second-order valence-corrected chi connectivity index (χ2v) is 14.3. The summed E-state index contributed by atoms with van der Waals surface area (Å²) in [5.41, 5.74) is -1.64. The summed E-state index contributed by atoms with van der Waals surface area (Å²) in [5.74, 6) is -2.58. The van der Waals surface area contributed by atoms with Crippen LogP contribution < -0.4 is 34.5 Å². The van der Waals surface area contributed by atoms with Crippen molar-refractivity contribution in [1.29, 1.82) is 0 Å². The first-order valence-electron chi connectivity index (χ1n) is 18.8. The van der Waals surface area contributed by atoms with Crippen molar-refractivity contribution in [1.82, 2.24) is 24.6 Å². The Balaban J connectivity index is 1.14. The number of nitrogens with one attached hydrogen (secondary N) is 2. The number of hydrogen-bond acceptors (Lipinski definition) is 17. The van der Waals surface area contributed by atoms with Gasteiger partial charge in [0, 0.05) is 19.7 Å². The number of methoxy groups -OCH3 is 2. The van der Waals surface area contributed by atoms with Crippen LogP contribution in [-0.2, 0) is 44.8 Å². The molecule has 3 aromatic rings. The molecule has 0 aliphatic carbocycles. The normalized spacial score (nSPS) is 13.3. The number of benzene rings is 2. The van der Waals surface area contributed by atoms with Crippen molar-refractivity contribution in [3.05, 3.63) is 64.8 Å². The molecule has 3 amide bonds. The summed E-state index contributed by atoms with van der Waals surface area (Å²) in [4.78, 5) is 68.1. The van der Waals surface area contributed by atoms with Crippen LogP contribution in [0, 0.1) is 0 Å². The SMILES string of the molecule is C=Nn1c(OC)ncc(OC)/c1=N/CNS(=O)(=O)c1c(OCCOCCOCCOCCNC(=O)COc2cccc3c2C(=O)N(C(C=O)CCC=O)C3=O)cccc1C(F)(F)F. The minimum Gasteiger partial charge on any atom is -0.491 e. The predicted molar refractivity (Wildman–Crippen MR) is 211 cm³/mol. The Morgan fingerprint density at radius 1 is 0.905 bits per heavy atom. The number of aldehydes is 2. The van der Waals surface area contributed by atoms with Gasteiger partial charge in [-0.15, -0.1) is 0 Å². The standard InChI is InChI=1S/C38H44F3N7O14S/c1-42-48-34(30(56-2)21-44-37(48)57-3)45-24-46-63(54,55)33-27(38(39,40)41)9-5-11-29(33)61-20-19-60-18-17-59-16-15-58-14-12-43-31(51)23-62-28-10-4-8-26-32(28)36(53)47(35(26)52)25(22-50)7-6-13-49/h4-5,8-11,13,21-22,25,46H,1,6-7,12,14-20,23-24H2,2-3H3,(H,43,51)/b45-34-. The predicted octanol–water partition coefficient (Wildman–Crippen LogP) is 0.986. The van der Waals surface area contributed by atoms with Crippen molar-refractivity contribution in [2.75, 3.05) is 80.3 Å². The van der Waals surface area contributed by atoms with Crippen molar-refractivity contribution in [3.63, 3.8) is 0 Å². The fraction of sp³-hybridized carbons (Fsp3) is 0.421. The number of imide groups is 1. The molecule has 25 heteroatoms. The summed E-state index contributed by atoms with van der Waals surface area (Å²) in [5, 5.41) is 6.27. The van der Waals surface area contributed by atoms with E-state index in [0.717, 1.165) is 21.7 Å². The van der Waals surface area contributed by atoms with Gasteiger partial charge in [-0.05, 0) is 30.7 Å². The lowest BCUT2D eigenvalue weighted by Crippen LogP contribution is -2.41. The van der Waals surface area contributed by atoms with Gasteiger partial charge in [-0.1, -0.05) is 12.1 Å². The Morgan fingerprint density at radius 2 is 1.57 bits per heavy atom. The van der Waals surface area contributed by atoms with Crippen molar-refractivity contribution in [2.24, 2.45) is 10.1 Å². The zero-order valence-corrected chi connectivity index (χ0v) is 34.8. The van der Waals surface area contributed by atoms with Gasteiger partial charge in [0.05, 0.1) is 82.8 Å². The molecule has 2 heterocycles. The number of halogens is 3. The lowest BCUT2D eigenvalue weighted by Gasteiger charge is -2.20. The molecule has 2 N–H and O–H groups in total. The summed E-state index contributed by atoms with van der Waals surface area (Å²) < 4.78 is 109. The average Bonchev–Trinajstić information content (AvgIpc) is 3.52. The van der Waals surface area contributed by atoms with E-state index >= 15 is 0 Å². The van der Waals surface area contributed by atoms with Gasteiger partial charge in [-0.2, -0.15) is 32.7 Å². The molecular formula is C38H44F3N7O14S. The van der Waals surface area contributed by atoms with E-state index in [1.807, 2.05) is 4.72 Å². The number of ether oxygens (including phenoxy) is 7. The Bertz CT molecular complexity index is 2290. The Labute approximate surface area is 358 Å². The molecule has 1 aliphatic heterocycles. The van der Waals surface area contributed by atoms with Crippen LogP contribution in [0.1, 0.15) is 39.1 Å². The number of hydrogen-bond donors (Lipinski definition) is 2. The average molecular weight is 912 g/mol. The molecule has 0 saturated heterocycles. The molecule has 2 aromatic carbocycles. The summed E-state index contributed by atoms with van der Waals surface area (Å²) in [6.45, 7) is 2.35. The van der Waals surface area contributed by atoms with E-state index in [0.29, 0.717) is 18.6 Å². The van der Waals surface area contributed by atoms with E-state index in [1.165, 1.54) is 38.6 Å². The maximum Gasteiger partial charge on any atom is 0.417 e. The summed E-state index contributed by atoms with van der Waals surface area (Å²) in [6.07, 6.45) is -2.89. The number of fused-ring (bicyclic) bond motifs is 1. The van der Waals surface area contributed by atoms with Gasteiger partial charge in [0.25, 0.3) is 17.7 Å². The number of aromatic nitrogens is 2. The van der Waals surface area contributed by atoms with Crippen molar-refractivity contribution in [2.45, 2.75) is 30.0 Å². The highest BCUT2D eigenvalue weighted by Crippen LogP contribution is 2.39. The van der Waals surface area contributed by atoms with E-state index in [1.54, 1.807) is 0 Å². The Kier molecular flexibility index (Phi) is 18.7. The number of nitrogens with zero attached hydrogens (tertiary/aromatic N) is 5. The van der Waals surface area contributed by atoms with Crippen LogP contribution in [0.4, 0.5) is 13.2 Å². The van der Waals surface area contributed by atoms with Gasteiger partial charge >= 0.3 is 12.2 Å². The molecule has 0 radical (unpaired) electrons. The van der Waals surface area contributed by atoms with Crippen LogP contribution >= 0.6 is 0 Å². The van der Waals surface area contributed by atoms with Gasteiger partial charge in [0.2, 0.25) is 10.0 Å². The third-order valence-corrected chi connectivity index (χ3v) is 10.1. The first-order chi connectivity index (χ1) is 30.2. The maximum atomic E-state index is 14.0. The highest BCUT2D eigenvalue weighted by Gasteiger charge is 2.42. The van der Waals surface area contributed by atoms with Crippen LogP contribution in [-0.4, -0.2) is 146 Å². The number of amides is 3. The van der Waals surface area contributed by atoms with Crippen LogP contribution in [0.2, 0.25) is 0 Å². The molecule has 1 atom stereocenters. The number of carbonyl (C=O) groups is 5. The van der Waals surface area contributed by atoms with Crippen molar-refractivity contribution < 1.29 is 78.7 Å². The molecule has 1 unspecified atom stereocenters. The highest BCUT2D eigenvalue weighted by molar-refractivity contribution is 7.89. The van der Waals surface area contributed by atoms with E-state index < -0.39 is 69.4 Å². The molecule has 1 aromatic heterocycles. The molecule has 342 valence electrons. The van der Waals surface area contributed by atoms with Crippen LogP contribution in [0.25, 0.3) is 0 Å². The highest BCUT2D eigenvalue weighted by atomic mass is 32.2. The van der Waals surface area contributed by atoms with Crippen LogP contribution in [0.5, 0.6) is 23.3 Å². The monoisotopic (exact) mass is 911 g/mol. The van der Waals surface area contributed by atoms with Crippen LogP contribution in [0.15, 0.2) is 57.6 Å². The van der Waals surface area contributed by atoms with Crippen LogP contribution in [0.3, 0.4) is 0 Å². The fourth-order valence-electron chi connectivity index (χ4n) is 5.77. The van der Waals surface area contributed by atoms with E-state index in [4.69, 9.17) is 33.2 Å². The minimum atomic E-state index is -5.07. The first-order valence-corrected chi connectivity index (χ1v) is 20.2. The van der Waals surface area contributed by atoms with Crippen molar-refractivity contribution >= 4 is 47.0 Å². The lowest BCUT2D eigenvalue weighted by atomic mass is 10.1. The molecule has 0 saturated carbocycles. The van der Waals surface area contributed by atoms with Gasteiger partial charge in [-0.3, -0.25) is 19.3 Å². The number of sulfonamides is 1. The molecule has 0 spiro atoms. The zero-order valence-electron chi connectivity index (χ0n) is 34.0. The fourth-order valence-corrected chi connectivity index (χ4v) is 7.02. The molecular weight excluding hydrogens is 868 g/mol. The zero-order chi connectivity index (χ0) is 46.0. The lowest BCUT2D eigenvalue weighted by molar-refractivity contribution is -0.140. The smallest absolute Gasteiger partial charge is 0.417 e. The van der Waals surface area contributed by atoms with Gasteiger partial charge in [0.15, 0.2) is 17.8 Å². The van der Waals surface area contributed by atoms with Gasteiger partial charge < -0.3 is 48.1 Å². The molecule has 21 nitrogen and oxygen atoms in total. The first kappa shape index (κ1) is 49.4. The maximum absolute atomic E-state index is 14.0. The molecule has 0 bridgehead atoms. The quantitative estimate of drug-likeness (QED) is 0.0446. The van der Waals surface area contributed by atoms with E-state index in [9.17, 15) is 45.6 Å². The molecule has 1 aliphatic rings. The largest absolute Gasteiger partial charge is 0.491 e. The third-order valence-electron chi connectivity index (χ3n) is 8.61. The number of carbonyl (C=O) groups excluding carboxylic acids is 5. The van der Waals surface area contributed by atoms with Gasteiger partial charge in [0.1, 0.15) is 42.2 Å². The van der Waals surface area contributed by atoms with E-state index in [-0.39, 0.29) is 99.8 Å². The molecule has 4 rings (SSSR count). The van der Waals surface area contributed by atoms with Gasteiger partial charge in [-0.25, -0.2) is 13.4 Å². The third kappa shape index (κ3) is 13.1. The molecule has 0 fully saturated rings. The molecule has 63 heavy (non-hydrogen) atoms. The van der Waals surface area contributed by atoms with E-state index in [2.05, 4.69) is 27.1 Å². The second-order valence-electron chi connectivity index (χ2n) is 12.6. The van der Waals surface area contributed by atoms with Crippen molar-refractivity contribution in [3.8, 4) is 23.3 Å². The Morgan fingerprint density at radius 3 is 2.21 bits per heavy atom. The number of alkyl halides is 3. The second kappa shape index (κ2) is 23.8.